The molecule has 0 spiro atoms. The lowest BCUT2D eigenvalue weighted by molar-refractivity contribution is 0.691. The first-order valence-corrected chi connectivity index (χ1v) is 7.97. The van der Waals surface area contributed by atoms with Crippen molar-refractivity contribution in [2.24, 2.45) is 0 Å². The van der Waals surface area contributed by atoms with Crippen LogP contribution >= 0.6 is 11.6 Å². The van der Waals surface area contributed by atoms with E-state index in [0.29, 0.717) is 11.7 Å². The fraction of sp³-hybridized carbons (Fsp3) is 0.158. The smallest absolute Gasteiger partial charge is 0.133 e. The molecule has 1 aromatic carbocycles. The highest BCUT2D eigenvalue weighted by atomic mass is 35.5. The van der Waals surface area contributed by atoms with Gasteiger partial charge in [0.15, 0.2) is 0 Å². The first kappa shape index (κ1) is 15.7. The van der Waals surface area contributed by atoms with Gasteiger partial charge in [-0.1, -0.05) is 48.0 Å². The highest BCUT2D eigenvalue weighted by Crippen LogP contribution is 2.16. The van der Waals surface area contributed by atoms with E-state index in [1.165, 1.54) is 5.56 Å². The summed E-state index contributed by atoms with van der Waals surface area (Å²) in [5, 5.41) is 3.96. The second-order valence-electron chi connectivity index (χ2n) is 5.38. The molecule has 0 fully saturated rings. The van der Waals surface area contributed by atoms with Crippen molar-refractivity contribution in [3.63, 3.8) is 0 Å². The number of pyridine rings is 2. The minimum absolute atomic E-state index is 0.551. The van der Waals surface area contributed by atoms with Crippen molar-refractivity contribution in [3.05, 3.63) is 94.5 Å². The van der Waals surface area contributed by atoms with E-state index in [-0.39, 0.29) is 0 Å². The molecule has 116 valence electrons. The van der Waals surface area contributed by atoms with E-state index in [9.17, 15) is 0 Å². The molecule has 0 aliphatic heterocycles. The van der Waals surface area contributed by atoms with Crippen molar-refractivity contribution < 1.29 is 0 Å². The van der Waals surface area contributed by atoms with Crippen molar-refractivity contribution in [2.75, 3.05) is 0 Å². The Hall–Kier alpha value is -2.23. The van der Waals surface area contributed by atoms with Gasteiger partial charge in [0.1, 0.15) is 5.15 Å². The maximum Gasteiger partial charge on any atom is 0.133 e. The molecule has 0 amide bonds. The summed E-state index contributed by atoms with van der Waals surface area (Å²) in [4.78, 5) is 8.65. The Bertz CT molecular complexity index is 745. The third-order valence-corrected chi connectivity index (χ3v) is 3.91. The SMILES string of the molecule is Clc1ncc(Cc2ccccn2)cc1CNCc1ccccc1. The van der Waals surface area contributed by atoms with Crippen molar-refractivity contribution in [1.82, 2.24) is 15.3 Å². The largest absolute Gasteiger partial charge is 0.309 e. The lowest BCUT2D eigenvalue weighted by atomic mass is 10.1. The summed E-state index contributed by atoms with van der Waals surface area (Å²) in [6, 6.07) is 18.3. The second kappa shape index (κ2) is 7.86. The van der Waals surface area contributed by atoms with Crippen LogP contribution in [0.25, 0.3) is 0 Å². The van der Waals surface area contributed by atoms with Gasteiger partial charge >= 0.3 is 0 Å². The summed E-state index contributed by atoms with van der Waals surface area (Å²) >= 11 is 6.21. The highest BCUT2D eigenvalue weighted by Gasteiger charge is 2.05. The number of hydrogen-bond donors (Lipinski definition) is 1. The minimum Gasteiger partial charge on any atom is -0.309 e. The summed E-state index contributed by atoms with van der Waals surface area (Å²) in [7, 11) is 0. The van der Waals surface area contributed by atoms with Crippen LogP contribution in [-0.4, -0.2) is 9.97 Å². The number of aromatic nitrogens is 2. The molecule has 0 atom stereocenters. The predicted octanol–water partition coefficient (Wildman–Crippen LogP) is 4.01. The van der Waals surface area contributed by atoms with E-state index in [2.05, 4.69) is 33.5 Å². The van der Waals surface area contributed by atoms with Crippen molar-refractivity contribution in [2.45, 2.75) is 19.5 Å². The second-order valence-corrected chi connectivity index (χ2v) is 5.74. The van der Waals surface area contributed by atoms with Gasteiger partial charge in [0.25, 0.3) is 0 Å². The molecule has 3 rings (SSSR count). The van der Waals surface area contributed by atoms with Gasteiger partial charge in [-0.05, 0) is 29.3 Å². The van der Waals surface area contributed by atoms with Gasteiger partial charge < -0.3 is 5.32 Å². The van der Waals surface area contributed by atoms with Gasteiger partial charge in [-0.25, -0.2) is 4.98 Å². The lowest BCUT2D eigenvalue weighted by Gasteiger charge is -2.09. The fourth-order valence-corrected chi connectivity index (χ4v) is 2.58. The van der Waals surface area contributed by atoms with Gasteiger partial charge in [0.2, 0.25) is 0 Å². The summed E-state index contributed by atoms with van der Waals surface area (Å²) in [6.45, 7) is 1.50. The van der Waals surface area contributed by atoms with Crippen LogP contribution in [0.1, 0.15) is 22.4 Å². The molecule has 1 N–H and O–H groups in total. The van der Waals surface area contributed by atoms with Crippen LogP contribution in [0.5, 0.6) is 0 Å². The van der Waals surface area contributed by atoms with Gasteiger partial charge in [-0.3, -0.25) is 4.98 Å². The molecule has 0 radical (unpaired) electrons. The number of benzene rings is 1. The Labute approximate surface area is 141 Å². The molecule has 4 heteroatoms. The zero-order valence-electron chi connectivity index (χ0n) is 12.7. The van der Waals surface area contributed by atoms with Crippen molar-refractivity contribution >= 4 is 11.6 Å². The molecule has 0 aliphatic carbocycles. The van der Waals surface area contributed by atoms with E-state index in [0.717, 1.165) is 29.8 Å². The van der Waals surface area contributed by atoms with Crippen LogP contribution in [0.15, 0.2) is 67.0 Å². The minimum atomic E-state index is 0.551. The maximum absolute atomic E-state index is 6.21. The summed E-state index contributed by atoms with van der Waals surface area (Å²) in [5.74, 6) is 0. The highest BCUT2D eigenvalue weighted by molar-refractivity contribution is 6.30. The number of rotatable bonds is 6. The Morgan fingerprint density at radius 1 is 0.870 bits per heavy atom. The molecule has 0 saturated heterocycles. The first-order chi connectivity index (χ1) is 11.3. The average molecular weight is 324 g/mol. The molecule has 0 aliphatic rings. The van der Waals surface area contributed by atoms with E-state index in [1.807, 2.05) is 42.6 Å². The molecule has 23 heavy (non-hydrogen) atoms. The quantitative estimate of drug-likeness (QED) is 0.696. The molecule has 0 bridgehead atoms. The zero-order chi connectivity index (χ0) is 15.9. The van der Waals surface area contributed by atoms with Gasteiger partial charge in [0.05, 0.1) is 0 Å². The Morgan fingerprint density at radius 3 is 2.48 bits per heavy atom. The Morgan fingerprint density at radius 2 is 1.70 bits per heavy atom. The monoisotopic (exact) mass is 323 g/mol. The molecule has 0 saturated carbocycles. The van der Waals surface area contributed by atoms with Crippen LogP contribution in [0.3, 0.4) is 0 Å². The predicted molar refractivity (Wildman–Crippen MR) is 93.3 cm³/mol. The Balaban J connectivity index is 1.63. The normalized spacial score (nSPS) is 10.7. The number of nitrogens with zero attached hydrogens (tertiary/aromatic N) is 2. The van der Waals surface area contributed by atoms with E-state index >= 15 is 0 Å². The summed E-state index contributed by atoms with van der Waals surface area (Å²) in [5.41, 5.74) is 4.40. The molecule has 2 heterocycles. The molecule has 3 aromatic rings. The fourth-order valence-electron chi connectivity index (χ4n) is 2.41. The lowest BCUT2D eigenvalue weighted by Crippen LogP contribution is -2.13. The maximum atomic E-state index is 6.21. The first-order valence-electron chi connectivity index (χ1n) is 7.59. The molecule has 2 aromatic heterocycles. The number of hydrogen-bond acceptors (Lipinski definition) is 3. The Kier molecular flexibility index (Phi) is 5.35. The molecular formula is C19H18ClN3. The van der Waals surface area contributed by atoms with Gasteiger partial charge in [-0.2, -0.15) is 0 Å². The summed E-state index contributed by atoms with van der Waals surface area (Å²) < 4.78 is 0. The van der Waals surface area contributed by atoms with Crippen LogP contribution < -0.4 is 5.32 Å². The van der Waals surface area contributed by atoms with E-state index in [1.54, 1.807) is 6.20 Å². The van der Waals surface area contributed by atoms with Crippen LogP contribution in [0.2, 0.25) is 5.15 Å². The van der Waals surface area contributed by atoms with Crippen LogP contribution in [0, 0.1) is 0 Å². The van der Waals surface area contributed by atoms with E-state index < -0.39 is 0 Å². The standard InChI is InChI=1S/C19H18ClN3/c20-19-17(14-21-12-15-6-2-1-3-7-15)10-16(13-23-19)11-18-8-4-5-9-22-18/h1-10,13,21H,11-12,14H2. The third kappa shape index (κ3) is 4.62. The van der Waals surface area contributed by atoms with Crippen LogP contribution in [-0.2, 0) is 19.5 Å². The van der Waals surface area contributed by atoms with Crippen molar-refractivity contribution in [3.8, 4) is 0 Å². The third-order valence-electron chi connectivity index (χ3n) is 3.57. The number of halogens is 1. The molecule has 3 nitrogen and oxygen atoms in total. The van der Waals surface area contributed by atoms with E-state index in [4.69, 9.17) is 11.6 Å². The summed E-state index contributed by atoms with van der Waals surface area (Å²) in [6.07, 6.45) is 4.38. The topological polar surface area (TPSA) is 37.8 Å². The zero-order valence-corrected chi connectivity index (χ0v) is 13.5. The molecular weight excluding hydrogens is 306 g/mol. The van der Waals surface area contributed by atoms with Crippen molar-refractivity contribution in [1.29, 1.82) is 0 Å². The van der Waals surface area contributed by atoms with Gasteiger partial charge in [0, 0.05) is 43.2 Å². The number of nitrogens with one attached hydrogen (secondary N) is 1. The van der Waals surface area contributed by atoms with Crippen LogP contribution in [0.4, 0.5) is 0 Å². The average Bonchev–Trinajstić information content (AvgIpc) is 2.59. The van der Waals surface area contributed by atoms with Gasteiger partial charge in [-0.15, -0.1) is 0 Å². The molecule has 0 unspecified atom stereocenters.